The lowest BCUT2D eigenvalue weighted by molar-refractivity contribution is -0.137. The SMILES string of the molecule is Cn1cnc(-c2ccc(C(=O)N3CCCCC3CCC(=O)O)cc2)n1. The molecular formula is C18H22N4O3. The number of carbonyl (C=O) groups excluding carboxylic acids is 1. The lowest BCUT2D eigenvalue weighted by atomic mass is 9.96. The van der Waals surface area contributed by atoms with Crippen LogP contribution in [-0.2, 0) is 11.8 Å². The Labute approximate surface area is 146 Å². The van der Waals surface area contributed by atoms with E-state index in [9.17, 15) is 9.59 Å². The highest BCUT2D eigenvalue weighted by molar-refractivity contribution is 5.95. The minimum absolute atomic E-state index is 0.00878. The molecule has 25 heavy (non-hydrogen) atoms. The van der Waals surface area contributed by atoms with Crippen molar-refractivity contribution in [2.75, 3.05) is 6.54 Å². The first-order valence-electron chi connectivity index (χ1n) is 8.53. The predicted molar refractivity (Wildman–Crippen MR) is 92.0 cm³/mol. The summed E-state index contributed by atoms with van der Waals surface area (Å²) in [5.74, 6) is -0.223. The molecule has 3 rings (SSSR count). The topological polar surface area (TPSA) is 88.3 Å². The molecule has 0 saturated carbocycles. The van der Waals surface area contributed by atoms with Gasteiger partial charge in [0.15, 0.2) is 5.82 Å². The predicted octanol–water partition coefficient (Wildman–Crippen LogP) is 2.34. The van der Waals surface area contributed by atoms with E-state index < -0.39 is 5.97 Å². The van der Waals surface area contributed by atoms with E-state index in [-0.39, 0.29) is 18.4 Å². The monoisotopic (exact) mass is 342 g/mol. The zero-order valence-corrected chi connectivity index (χ0v) is 14.3. The average molecular weight is 342 g/mol. The molecule has 7 heteroatoms. The van der Waals surface area contributed by atoms with Gasteiger partial charge in [0.1, 0.15) is 6.33 Å². The second-order valence-corrected chi connectivity index (χ2v) is 6.40. The van der Waals surface area contributed by atoms with Crippen molar-refractivity contribution in [1.82, 2.24) is 19.7 Å². The van der Waals surface area contributed by atoms with E-state index >= 15 is 0 Å². The third-order valence-electron chi connectivity index (χ3n) is 4.57. The molecule has 1 unspecified atom stereocenters. The summed E-state index contributed by atoms with van der Waals surface area (Å²) in [4.78, 5) is 29.7. The Balaban J connectivity index is 1.73. The highest BCUT2D eigenvalue weighted by atomic mass is 16.4. The first kappa shape index (κ1) is 17.1. The van der Waals surface area contributed by atoms with Crippen LogP contribution in [0.3, 0.4) is 0 Å². The van der Waals surface area contributed by atoms with Crippen LogP contribution in [0.4, 0.5) is 0 Å². The van der Waals surface area contributed by atoms with Gasteiger partial charge in [-0.1, -0.05) is 12.1 Å². The van der Waals surface area contributed by atoms with Crippen molar-refractivity contribution in [3.8, 4) is 11.4 Å². The van der Waals surface area contributed by atoms with Crippen molar-refractivity contribution < 1.29 is 14.7 Å². The normalized spacial score (nSPS) is 17.5. The number of aliphatic carboxylic acids is 1. The second-order valence-electron chi connectivity index (χ2n) is 6.40. The lowest BCUT2D eigenvalue weighted by Gasteiger charge is -2.35. The first-order valence-corrected chi connectivity index (χ1v) is 8.53. The maximum atomic E-state index is 12.8. The Bertz CT molecular complexity index is 754. The number of hydrogen-bond acceptors (Lipinski definition) is 4. The first-order chi connectivity index (χ1) is 12.0. The lowest BCUT2D eigenvalue weighted by Crippen LogP contribution is -2.43. The number of carboxylic acids is 1. The van der Waals surface area contributed by atoms with Crippen LogP contribution in [0.15, 0.2) is 30.6 Å². The Morgan fingerprint density at radius 3 is 2.64 bits per heavy atom. The smallest absolute Gasteiger partial charge is 0.303 e. The van der Waals surface area contributed by atoms with Gasteiger partial charge in [-0.05, 0) is 37.8 Å². The van der Waals surface area contributed by atoms with Crippen LogP contribution in [0.2, 0.25) is 0 Å². The highest BCUT2D eigenvalue weighted by Crippen LogP contribution is 2.24. The number of aromatic nitrogens is 3. The van der Waals surface area contributed by atoms with Crippen molar-refractivity contribution in [3.05, 3.63) is 36.2 Å². The Kier molecular flexibility index (Phi) is 5.11. The average Bonchev–Trinajstić information content (AvgIpc) is 3.06. The van der Waals surface area contributed by atoms with E-state index in [0.717, 1.165) is 24.8 Å². The fourth-order valence-corrected chi connectivity index (χ4v) is 3.26. The van der Waals surface area contributed by atoms with Gasteiger partial charge >= 0.3 is 5.97 Å². The molecule has 1 N–H and O–H groups in total. The van der Waals surface area contributed by atoms with Crippen molar-refractivity contribution in [3.63, 3.8) is 0 Å². The van der Waals surface area contributed by atoms with Crippen LogP contribution >= 0.6 is 0 Å². The maximum absolute atomic E-state index is 12.8. The van der Waals surface area contributed by atoms with Crippen LogP contribution in [0.1, 0.15) is 42.5 Å². The third kappa shape index (κ3) is 4.04. The van der Waals surface area contributed by atoms with Crippen LogP contribution in [0.5, 0.6) is 0 Å². The maximum Gasteiger partial charge on any atom is 0.303 e. The number of likely N-dealkylation sites (tertiary alicyclic amines) is 1. The van der Waals surface area contributed by atoms with Gasteiger partial charge in [0.25, 0.3) is 5.91 Å². The van der Waals surface area contributed by atoms with Crippen molar-refractivity contribution in [1.29, 1.82) is 0 Å². The van der Waals surface area contributed by atoms with Gasteiger partial charge < -0.3 is 10.0 Å². The molecule has 1 aromatic heterocycles. The summed E-state index contributed by atoms with van der Waals surface area (Å²) < 4.78 is 1.63. The number of amides is 1. The van der Waals surface area contributed by atoms with Crippen molar-refractivity contribution in [2.24, 2.45) is 7.05 Å². The number of hydrogen-bond donors (Lipinski definition) is 1. The molecule has 0 bridgehead atoms. The summed E-state index contributed by atoms with van der Waals surface area (Å²) in [5, 5.41) is 13.2. The van der Waals surface area contributed by atoms with E-state index in [4.69, 9.17) is 5.11 Å². The Morgan fingerprint density at radius 1 is 1.24 bits per heavy atom. The Hall–Kier alpha value is -2.70. The highest BCUT2D eigenvalue weighted by Gasteiger charge is 2.27. The Morgan fingerprint density at radius 2 is 2.00 bits per heavy atom. The summed E-state index contributed by atoms with van der Waals surface area (Å²) >= 11 is 0. The number of aryl methyl sites for hydroxylation is 1. The van der Waals surface area contributed by atoms with Crippen LogP contribution in [0.25, 0.3) is 11.4 Å². The standard InChI is InChI=1S/C18H22N4O3/c1-21-12-19-17(20-21)13-5-7-14(8-6-13)18(25)22-11-3-2-4-15(22)9-10-16(23)24/h5-8,12,15H,2-4,9-11H2,1H3,(H,23,24). The molecular weight excluding hydrogens is 320 g/mol. The summed E-state index contributed by atoms with van der Waals surface area (Å²) in [5.41, 5.74) is 1.47. The van der Waals surface area contributed by atoms with Crippen LogP contribution in [-0.4, -0.2) is 49.2 Å². The summed E-state index contributed by atoms with van der Waals surface area (Å²) in [6.45, 7) is 0.687. The van der Waals surface area contributed by atoms with E-state index in [1.54, 1.807) is 23.1 Å². The zero-order chi connectivity index (χ0) is 17.8. The van der Waals surface area contributed by atoms with E-state index in [1.165, 1.54) is 0 Å². The molecule has 2 heterocycles. The molecule has 1 aliphatic rings. The zero-order valence-electron chi connectivity index (χ0n) is 14.3. The molecule has 1 aromatic carbocycles. The molecule has 1 amide bonds. The summed E-state index contributed by atoms with van der Waals surface area (Å²) in [6.07, 6.45) is 5.11. The van der Waals surface area contributed by atoms with Gasteiger partial charge in [-0.25, -0.2) is 4.98 Å². The van der Waals surface area contributed by atoms with Crippen LogP contribution < -0.4 is 0 Å². The summed E-state index contributed by atoms with van der Waals surface area (Å²) in [7, 11) is 1.81. The molecule has 1 saturated heterocycles. The molecule has 2 aromatic rings. The largest absolute Gasteiger partial charge is 0.481 e. The number of carbonyl (C=O) groups is 2. The van der Waals surface area contributed by atoms with Gasteiger partial charge in [0, 0.05) is 37.2 Å². The molecule has 0 spiro atoms. The van der Waals surface area contributed by atoms with Crippen molar-refractivity contribution in [2.45, 2.75) is 38.1 Å². The van der Waals surface area contributed by atoms with Crippen LogP contribution in [0, 0.1) is 0 Å². The molecule has 1 fully saturated rings. The minimum atomic E-state index is -0.815. The van der Waals surface area contributed by atoms with Gasteiger partial charge in [-0.15, -0.1) is 0 Å². The van der Waals surface area contributed by atoms with Gasteiger partial charge in [0.05, 0.1) is 0 Å². The summed E-state index contributed by atoms with van der Waals surface area (Å²) in [6, 6.07) is 7.28. The van der Waals surface area contributed by atoms with E-state index in [2.05, 4.69) is 10.1 Å². The third-order valence-corrected chi connectivity index (χ3v) is 4.57. The quantitative estimate of drug-likeness (QED) is 0.901. The van der Waals surface area contributed by atoms with Gasteiger partial charge in [0.2, 0.25) is 0 Å². The van der Waals surface area contributed by atoms with E-state index in [0.29, 0.717) is 24.4 Å². The molecule has 7 nitrogen and oxygen atoms in total. The fraction of sp³-hybridized carbons (Fsp3) is 0.444. The van der Waals surface area contributed by atoms with Crippen molar-refractivity contribution >= 4 is 11.9 Å². The number of carboxylic acid groups (broad SMARTS) is 1. The number of benzene rings is 1. The fourth-order valence-electron chi connectivity index (χ4n) is 3.26. The molecule has 0 radical (unpaired) electrons. The van der Waals surface area contributed by atoms with E-state index in [1.807, 2.05) is 24.1 Å². The van der Waals surface area contributed by atoms with Gasteiger partial charge in [-0.2, -0.15) is 5.10 Å². The number of piperidine rings is 1. The molecule has 1 atom stereocenters. The van der Waals surface area contributed by atoms with Gasteiger partial charge in [-0.3, -0.25) is 14.3 Å². The molecule has 1 aliphatic heterocycles. The number of rotatable bonds is 5. The molecule has 132 valence electrons. The second kappa shape index (κ2) is 7.46. The minimum Gasteiger partial charge on any atom is -0.481 e. The molecule has 0 aliphatic carbocycles. The number of nitrogens with zero attached hydrogens (tertiary/aromatic N) is 4.